The fraction of sp³-hybridized carbons (Fsp3) is 0.500. The van der Waals surface area contributed by atoms with Gasteiger partial charge in [-0.3, -0.25) is 4.48 Å². The molecule has 2 aliphatic rings. The number of halogens is 1. The molecule has 0 radical (unpaired) electrons. The molecule has 19 heavy (non-hydrogen) atoms. The predicted molar refractivity (Wildman–Crippen MR) is 66.0 cm³/mol. The van der Waals surface area contributed by atoms with Gasteiger partial charge < -0.3 is 26.5 Å². The highest BCUT2D eigenvalue weighted by Gasteiger charge is 2.46. The van der Waals surface area contributed by atoms with Crippen LogP contribution < -0.4 is 17.0 Å². The molecule has 1 aromatic rings. The lowest BCUT2D eigenvalue weighted by atomic mass is 10.1. The Morgan fingerprint density at radius 2 is 1.95 bits per heavy atom. The SMILES string of the molecule is CC[N+]1(C2OC(=O)c3ccccc32)CCOCC1.[Br-]. The van der Waals surface area contributed by atoms with Crippen LogP contribution in [0.1, 0.15) is 29.1 Å². The lowest BCUT2D eigenvalue weighted by molar-refractivity contribution is -0.979. The number of rotatable bonds is 2. The quantitative estimate of drug-likeness (QED) is 0.502. The number of esters is 1. The zero-order valence-corrected chi connectivity index (χ0v) is 12.6. The molecule has 0 N–H and O–H groups in total. The summed E-state index contributed by atoms with van der Waals surface area (Å²) >= 11 is 0. The van der Waals surface area contributed by atoms with Gasteiger partial charge in [-0.1, -0.05) is 12.1 Å². The van der Waals surface area contributed by atoms with E-state index in [9.17, 15) is 4.79 Å². The molecule has 0 bridgehead atoms. The summed E-state index contributed by atoms with van der Waals surface area (Å²) in [5.41, 5.74) is 1.76. The number of hydrogen-bond acceptors (Lipinski definition) is 3. The van der Waals surface area contributed by atoms with E-state index in [2.05, 4.69) is 6.92 Å². The van der Waals surface area contributed by atoms with E-state index >= 15 is 0 Å². The number of cyclic esters (lactones) is 1. The van der Waals surface area contributed by atoms with Gasteiger partial charge in [-0.25, -0.2) is 4.79 Å². The average Bonchev–Trinajstić information content (AvgIpc) is 2.78. The maximum atomic E-state index is 11.9. The molecule has 2 heterocycles. The number of fused-ring (bicyclic) bond motifs is 1. The summed E-state index contributed by atoms with van der Waals surface area (Å²) in [6.45, 7) is 6.40. The Morgan fingerprint density at radius 1 is 1.26 bits per heavy atom. The number of morpholine rings is 1. The van der Waals surface area contributed by atoms with E-state index in [1.807, 2.05) is 24.3 Å². The molecule has 1 saturated heterocycles. The number of benzene rings is 1. The maximum absolute atomic E-state index is 11.9. The summed E-state index contributed by atoms with van der Waals surface area (Å²) in [7, 11) is 0. The van der Waals surface area contributed by atoms with E-state index in [1.165, 1.54) is 0 Å². The van der Waals surface area contributed by atoms with E-state index in [4.69, 9.17) is 9.47 Å². The molecule has 1 fully saturated rings. The molecule has 0 aliphatic carbocycles. The molecular weight excluding hydrogens is 310 g/mol. The molecule has 3 rings (SSSR count). The van der Waals surface area contributed by atoms with Crippen LogP contribution in [0.2, 0.25) is 0 Å². The lowest BCUT2D eigenvalue weighted by Gasteiger charge is -2.43. The minimum absolute atomic E-state index is 0. The summed E-state index contributed by atoms with van der Waals surface area (Å²) < 4.78 is 11.9. The number of carbonyl (C=O) groups is 1. The van der Waals surface area contributed by atoms with Crippen molar-refractivity contribution in [3.63, 3.8) is 0 Å². The van der Waals surface area contributed by atoms with Crippen molar-refractivity contribution in [2.45, 2.75) is 13.2 Å². The summed E-state index contributed by atoms with van der Waals surface area (Å²) in [4.78, 5) is 11.9. The molecule has 2 aliphatic heterocycles. The molecule has 1 unspecified atom stereocenters. The Morgan fingerprint density at radius 3 is 2.63 bits per heavy atom. The maximum Gasteiger partial charge on any atom is 0.343 e. The molecule has 4 nitrogen and oxygen atoms in total. The number of carbonyl (C=O) groups excluding carboxylic acids is 1. The zero-order valence-electron chi connectivity index (χ0n) is 11.0. The van der Waals surface area contributed by atoms with Gasteiger partial charge in [0.1, 0.15) is 13.1 Å². The fourth-order valence-corrected chi connectivity index (χ4v) is 2.96. The van der Waals surface area contributed by atoms with Crippen LogP contribution >= 0.6 is 0 Å². The van der Waals surface area contributed by atoms with E-state index in [0.717, 1.165) is 48.5 Å². The van der Waals surface area contributed by atoms with Gasteiger partial charge in [0.25, 0.3) is 6.23 Å². The van der Waals surface area contributed by atoms with Gasteiger partial charge in [0, 0.05) is 0 Å². The minimum atomic E-state index is -0.187. The van der Waals surface area contributed by atoms with Crippen molar-refractivity contribution in [1.29, 1.82) is 0 Å². The standard InChI is InChI=1S/C14H18NO3.BrH/c1-2-15(7-9-17-10-8-15)13-11-5-3-4-6-12(11)14(16)18-13;/h3-6,13H,2,7-10H2,1H3;1H/q+1;/p-1. The van der Waals surface area contributed by atoms with Crippen LogP contribution in [0.15, 0.2) is 24.3 Å². The molecule has 5 heteroatoms. The molecule has 1 aromatic carbocycles. The first-order chi connectivity index (χ1) is 8.77. The van der Waals surface area contributed by atoms with Crippen LogP contribution in [0.25, 0.3) is 0 Å². The van der Waals surface area contributed by atoms with Crippen LogP contribution in [-0.2, 0) is 9.47 Å². The van der Waals surface area contributed by atoms with Gasteiger partial charge >= 0.3 is 5.97 Å². The summed E-state index contributed by atoms with van der Waals surface area (Å²) in [5.74, 6) is -0.187. The lowest BCUT2D eigenvalue weighted by Crippen LogP contribution is -3.00. The average molecular weight is 328 g/mol. The van der Waals surface area contributed by atoms with Gasteiger partial charge in [0.2, 0.25) is 0 Å². The first-order valence-electron chi connectivity index (χ1n) is 6.50. The van der Waals surface area contributed by atoms with Crippen molar-refractivity contribution in [3.8, 4) is 0 Å². The Kier molecular flexibility index (Phi) is 4.28. The molecule has 0 aromatic heterocycles. The smallest absolute Gasteiger partial charge is 0.343 e. The first-order valence-corrected chi connectivity index (χ1v) is 6.50. The summed E-state index contributed by atoms with van der Waals surface area (Å²) in [5, 5.41) is 0. The molecular formula is C14H18BrNO3. The van der Waals surface area contributed by atoms with Crippen LogP contribution in [-0.4, -0.2) is 43.3 Å². The van der Waals surface area contributed by atoms with Crippen molar-refractivity contribution in [2.24, 2.45) is 0 Å². The zero-order chi connectivity index (χ0) is 12.6. The number of nitrogens with zero attached hydrogens (tertiary/aromatic N) is 1. The topological polar surface area (TPSA) is 35.5 Å². The largest absolute Gasteiger partial charge is 1.00 e. The fourth-order valence-electron chi connectivity index (χ4n) is 2.96. The number of hydrogen-bond donors (Lipinski definition) is 0. The van der Waals surface area contributed by atoms with E-state index < -0.39 is 0 Å². The summed E-state index contributed by atoms with van der Waals surface area (Å²) in [6, 6.07) is 7.72. The van der Waals surface area contributed by atoms with Gasteiger partial charge in [0.05, 0.1) is 30.9 Å². The highest BCUT2D eigenvalue weighted by atomic mass is 79.9. The molecule has 104 valence electrons. The van der Waals surface area contributed by atoms with Crippen molar-refractivity contribution in [2.75, 3.05) is 32.8 Å². The van der Waals surface area contributed by atoms with Gasteiger partial charge in [-0.15, -0.1) is 0 Å². The Labute approximate surface area is 123 Å². The predicted octanol–water partition coefficient (Wildman–Crippen LogP) is -1.27. The van der Waals surface area contributed by atoms with Gasteiger partial charge in [-0.2, -0.15) is 0 Å². The second-order valence-corrected chi connectivity index (χ2v) is 4.94. The second-order valence-electron chi connectivity index (χ2n) is 4.94. The molecule has 0 spiro atoms. The minimum Gasteiger partial charge on any atom is -1.00 e. The van der Waals surface area contributed by atoms with E-state index in [1.54, 1.807) is 0 Å². The number of ether oxygens (including phenoxy) is 2. The van der Waals surface area contributed by atoms with Crippen molar-refractivity contribution < 1.29 is 35.7 Å². The van der Waals surface area contributed by atoms with Crippen LogP contribution in [0.5, 0.6) is 0 Å². The highest BCUT2D eigenvalue weighted by molar-refractivity contribution is 5.93. The van der Waals surface area contributed by atoms with Crippen LogP contribution in [0.3, 0.4) is 0 Å². The third-order valence-electron chi connectivity index (χ3n) is 4.15. The van der Waals surface area contributed by atoms with Gasteiger partial charge in [0.15, 0.2) is 0 Å². The highest BCUT2D eigenvalue weighted by Crippen LogP contribution is 2.38. The Hall–Kier alpha value is -0.910. The van der Waals surface area contributed by atoms with Crippen molar-refractivity contribution in [1.82, 2.24) is 0 Å². The van der Waals surface area contributed by atoms with Crippen molar-refractivity contribution in [3.05, 3.63) is 35.4 Å². The Balaban J connectivity index is 0.00000133. The van der Waals surface area contributed by atoms with Gasteiger partial charge in [-0.05, 0) is 19.1 Å². The van der Waals surface area contributed by atoms with Crippen LogP contribution in [0.4, 0.5) is 0 Å². The third-order valence-corrected chi connectivity index (χ3v) is 4.15. The first kappa shape index (κ1) is 14.5. The third kappa shape index (κ3) is 2.30. The summed E-state index contributed by atoms with van der Waals surface area (Å²) in [6.07, 6.45) is -0.150. The second kappa shape index (κ2) is 5.61. The van der Waals surface area contributed by atoms with Crippen LogP contribution in [0, 0.1) is 0 Å². The molecule has 1 atom stereocenters. The number of quaternary nitrogens is 1. The van der Waals surface area contributed by atoms with E-state index in [0.29, 0.717) is 0 Å². The normalized spacial score (nSPS) is 24.3. The Bertz CT molecular complexity index is 472. The molecule has 0 saturated carbocycles. The van der Waals surface area contributed by atoms with E-state index in [-0.39, 0.29) is 29.2 Å². The number of likely N-dealkylation sites (N-methyl/N-ethyl adjacent to an activating group) is 1. The molecule has 0 amide bonds. The monoisotopic (exact) mass is 327 g/mol. The van der Waals surface area contributed by atoms with Crippen molar-refractivity contribution >= 4 is 5.97 Å².